The lowest BCUT2D eigenvalue weighted by Gasteiger charge is -2.04. The summed E-state index contributed by atoms with van der Waals surface area (Å²) in [7, 11) is 0. The molecule has 0 aliphatic heterocycles. The molecule has 0 bridgehead atoms. The second kappa shape index (κ2) is 4.06. The lowest BCUT2D eigenvalue weighted by molar-refractivity contribution is 0.627. The third kappa shape index (κ3) is 2.21. The maximum absolute atomic E-state index is 12.9. The van der Waals surface area contributed by atoms with E-state index < -0.39 is 0 Å². The monoisotopic (exact) mass is 266 g/mol. The Balaban J connectivity index is 2.49. The highest BCUT2D eigenvalue weighted by Gasteiger charge is 2.04. The first kappa shape index (κ1) is 10.2. The van der Waals surface area contributed by atoms with Gasteiger partial charge in [0.15, 0.2) is 0 Å². The van der Waals surface area contributed by atoms with Gasteiger partial charge in [-0.25, -0.2) is 9.37 Å². The largest absolute Gasteiger partial charge is 0.252 e. The number of aromatic nitrogens is 2. The van der Waals surface area contributed by atoms with Crippen LogP contribution in [0.5, 0.6) is 0 Å². The lowest BCUT2D eigenvalue weighted by Crippen LogP contribution is -1.89. The summed E-state index contributed by atoms with van der Waals surface area (Å²) in [6.45, 7) is 1.85. The van der Waals surface area contributed by atoms with Crippen molar-refractivity contribution in [1.82, 2.24) is 9.97 Å². The van der Waals surface area contributed by atoms with Crippen molar-refractivity contribution < 1.29 is 4.39 Å². The summed E-state index contributed by atoms with van der Waals surface area (Å²) in [5, 5.41) is 0. The number of aryl methyl sites for hydroxylation is 1. The Bertz CT molecular complexity index is 482. The third-order valence-corrected chi connectivity index (χ3v) is 2.49. The maximum Gasteiger partial charge on any atom is 0.124 e. The van der Waals surface area contributed by atoms with Gasteiger partial charge in [-0.1, -0.05) is 0 Å². The van der Waals surface area contributed by atoms with Crippen LogP contribution < -0.4 is 0 Å². The minimum Gasteiger partial charge on any atom is -0.252 e. The Kier molecular flexibility index (Phi) is 2.77. The Labute approximate surface area is 95.3 Å². The molecule has 1 aromatic carbocycles. The number of rotatable bonds is 1. The SMILES string of the molecule is Cc1cc(F)ccc1-c1cnc(Br)cn1. The zero-order chi connectivity index (χ0) is 10.8. The third-order valence-electron chi connectivity index (χ3n) is 2.08. The van der Waals surface area contributed by atoms with Crippen LogP contribution in [-0.4, -0.2) is 9.97 Å². The molecule has 2 aromatic rings. The summed E-state index contributed by atoms with van der Waals surface area (Å²) in [5.41, 5.74) is 2.50. The van der Waals surface area contributed by atoms with Crippen molar-refractivity contribution in [1.29, 1.82) is 0 Å². The zero-order valence-electron chi connectivity index (χ0n) is 8.04. The van der Waals surface area contributed by atoms with Crippen LogP contribution in [-0.2, 0) is 0 Å². The van der Waals surface area contributed by atoms with E-state index in [2.05, 4.69) is 25.9 Å². The van der Waals surface area contributed by atoms with Crippen LogP contribution in [0.2, 0.25) is 0 Å². The summed E-state index contributed by atoms with van der Waals surface area (Å²) in [6.07, 6.45) is 3.28. The maximum atomic E-state index is 12.9. The van der Waals surface area contributed by atoms with E-state index in [4.69, 9.17) is 0 Å². The van der Waals surface area contributed by atoms with Gasteiger partial charge >= 0.3 is 0 Å². The first-order valence-electron chi connectivity index (χ1n) is 4.41. The lowest BCUT2D eigenvalue weighted by atomic mass is 10.1. The van der Waals surface area contributed by atoms with Gasteiger partial charge in [-0.3, -0.25) is 4.98 Å². The highest BCUT2D eigenvalue weighted by Crippen LogP contribution is 2.21. The van der Waals surface area contributed by atoms with Gasteiger partial charge in [0.05, 0.1) is 18.1 Å². The molecule has 1 heterocycles. The molecule has 0 saturated carbocycles. The molecule has 0 atom stereocenters. The number of halogens is 2. The fourth-order valence-electron chi connectivity index (χ4n) is 1.37. The molecule has 0 fully saturated rings. The first-order chi connectivity index (χ1) is 7.16. The second-order valence-corrected chi connectivity index (χ2v) is 4.00. The molecule has 15 heavy (non-hydrogen) atoms. The minimum atomic E-state index is -0.235. The molecule has 0 N–H and O–H groups in total. The predicted octanol–water partition coefficient (Wildman–Crippen LogP) is 3.35. The van der Waals surface area contributed by atoms with E-state index >= 15 is 0 Å². The summed E-state index contributed by atoms with van der Waals surface area (Å²) >= 11 is 3.21. The Morgan fingerprint density at radius 3 is 2.60 bits per heavy atom. The van der Waals surface area contributed by atoms with Crippen LogP contribution in [0.4, 0.5) is 4.39 Å². The molecular formula is C11H8BrFN2. The van der Waals surface area contributed by atoms with E-state index in [1.54, 1.807) is 18.5 Å². The van der Waals surface area contributed by atoms with Crippen molar-refractivity contribution in [2.75, 3.05) is 0 Å². The normalized spacial score (nSPS) is 10.3. The van der Waals surface area contributed by atoms with E-state index in [0.717, 1.165) is 16.8 Å². The highest BCUT2D eigenvalue weighted by atomic mass is 79.9. The van der Waals surface area contributed by atoms with Crippen LogP contribution in [0, 0.1) is 12.7 Å². The first-order valence-corrected chi connectivity index (χ1v) is 5.20. The molecule has 0 amide bonds. The topological polar surface area (TPSA) is 25.8 Å². The zero-order valence-corrected chi connectivity index (χ0v) is 9.62. The Morgan fingerprint density at radius 2 is 2.00 bits per heavy atom. The molecule has 0 spiro atoms. The standard InChI is InChI=1S/C11H8BrFN2/c1-7-4-8(13)2-3-9(7)10-5-15-11(12)6-14-10/h2-6H,1H3. The minimum absolute atomic E-state index is 0.235. The second-order valence-electron chi connectivity index (χ2n) is 3.18. The highest BCUT2D eigenvalue weighted by molar-refractivity contribution is 9.10. The van der Waals surface area contributed by atoms with E-state index in [-0.39, 0.29) is 5.82 Å². The summed E-state index contributed by atoms with van der Waals surface area (Å²) in [4.78, 5) is 8.29. The molecule has 0 aliphatic carbocycles. The van der Waals surface area contributed by atoms with Gasteiger partial charge in [0.1, 0.15) is 10.4 Å². The van der Waals surface area contributed by atoms with Gasteiger partial charge in [-0.2, -0.15) is 0 Å². The van der Waals surface area contributed by atoms with Crippen LogP contribution in [0.3, 0.4) is 0 Å². The fourth-order valence-corrected chi connectivity index (χ4v) is 1.57. The van der Waals surface area contributed by atoms with Gasteiger partial charge in [0.2, 0.25) is 0 Å². The molecule has 2 rings (SSSR count). The number of hydrogen-bond acceptors (Lipinski definition) is 2. The van der Waals surface area contributed by atoms with Crippen LogP contribution in [0.15, 0.2) is 35.2 Å². The molecule has 76 valence electrons. The predicted molar refractivity (Wildman–Crippen MR) is 59.9 cm³/mol. The van der Waals surface area contributed by atoms with Crippen molar-refractivity contribution in [2.45, 2.75) is 6.92 Å². The van der Waals surface area contributed by atoms with Crippen molar-refractivity contribution in [3.63, 3.8) is 0 Å². The van der Waals surface area contributed by atoms with Gasteiger partial charge in [-0.15, -0.1) is 0 Å². The van der Waals surface area contributed by atoms with Gasteiger partial charge in [0, 0.05) is 5.56 Å². The average Bonchev–Trinajstić information content (AvgIpc) is 2.20. The van der Waals surface area contributed by atoms with E-state index in [0.29, 0.717) is 4.60 Å². The van der Waals surface area contributed by atoms with E-state index in [9.17, 15) is 4.39 Å². The van der Waals surface area contributed by atoms with Gasteiger partial charge in [0.25, 0.3) is 0 Å². The number of hydrogen-bond donors (Lipinski definition) is 0. The molecule has 0 radical (unpaired) electrons. The van der Waals surface area contributed by atoms with Crippen LogP contribution in [0.1, 0.15) is 5.56 Å². The van der Waals surface area contributed by atoms with Gasteiger partial charge in [-0.05, 0) is 46.6 Å². The molecular weight excluding hydrogens is 259 g/mol. The van der Waals surface area contributed by atoms with Gasteiger partial charge < -0.3 is 0 Å². The van der Waals surface area contributed by atoms with Crippen LogP contribution in [0.25, 0.3) is 11.3 Å². The average molecular weight is 267 g/mol. The van der Waals surface area contributed by atoms with Crippen molar-refractivity contribution in [2.24, 2.45) is 0 Å². The van der Waals surface area contributed by atoms with E-state index in [1.165, 1.54) is 12.1 Å². The summed E-state index contributed by atoms with van der Waals surface area (Å²) < 4.78 is 13.6. The Hall–Kier alpha value is -1.29. The van der Waals surface area contributed by atoms with Crippen molar-refractivity contribution >= 4 is 15.9 Å². The quantitative estimate of drug-likeness (QED) is 0.791. The number of nitrogens with zero attached hydrogens (tertiary/aromatic N) is 2. The van der Waals surface area contributed by atoms with Crippen molar-refractivity contribution in [3.05, 3.63) is 46.6 Å². The fraction of sp³-hybridized carbons (Fsp3) is 0.0909. The smallest absolute Gasteiger partial charge is 0.124 e. The van der Waals surface area contributed by atoms with Crippen molar-refractivity contribution in [3.8, 4) is 11.3 Å². The number of benzene rings is 1. The van der Waals surface area contributed by atoms with E-state index in [1.807, 2.05) is 6.92 Å². The molecule has 2 nitrogen and oxygen atoms in total. The van der Waals surface area contributed by atoms with Crippen LogP contribution >= 0.6 is 15.9 Å². The molecule has 0 unspecified atom stereocenters. The molecule has 0 aliphatic rings. The summed E-state index contributed by atoms with van der Waals surface area (Å²) in [5.74, 6) is -0.235. The summed E-state index contributed by atoms with van der Waals surface area (Å²) in [6, 6.07) is 4.62. The molecule has 1 aromatic heterocycles. The molecule has 0 saturated heterocycles. The molecule has 4 heteroatoms. The Morgan fingerprint density at radius 1 is 1.20 bits per heavy atom.